The molecule has 0 saturated carbocycles. The number of hydrogen-bond donors (Lipinski definition) is 7. The van der Waals surface area contributed by atoms with Crippen LogP contribution in [0.15, 0.2) is 17.2 Å². The van der Waals surface area contributed by atoms with E-state index in [-0.39, 0.29) is 48.4 Å². The number of hydrogen-bond acceptors (Lipinski definition) is 5. The number of aliphatic hydroxyl groups excluding tert-OH is 1. The Bertz CT molecular complexity index is 1460. The number of aliphatic carboxylic acids is 2. The van der Waals surface area contributed by atoms with Crippen LogP contribution in [0.25, 0.3) is 6.08 Å². The summed E-state index contributed by atoms with van der Waals surface area (Å²) in [5.74, 6) is -1.36. The Labute approximate surface area is 253 Å². The molecule has 234 valence electrons. The minimum atomic E-state index is -0.879. The molecule has 0 spiro atoms. The first-order chi connectivity index (χ1) is 20.4. The minimum absolute atomic E-state index is 0.00516. The molecule has 0 aromatic carbocycles. The van der Waals surface area contributed by atoms with E-state index in [0.29, 0.717) is 25.7 Å². The number of carbonyl (C=O) groups is 3. The van der Waals surface area contributed by atoms with Gasteiger partial charge in [0.1, 0.15) is 0 Å². The van der Waals surface area contributed by atoms with Crippen LogP contribution in [-0.4, -0.2) is 49.2 Å². The zero-order valence-corrected chi connectivity index (χ0v) is 26.1. The molecule has 1 unspecified atom stereocenters. The van der Waals surface area contributed by atoms with Crippen LogP contribution >= 0.6 is 0 Å². The molecular formula is C33H46N4O6. The van der Waals surface area contributed by atoms with Crippen LogP contribution in [0, 0.1) is 31.6 Å². The number of aromatic amines is 2. The van der Waals surface area contributed by atoms with Crippen molar-refractivity contribution in [3.05, 3.63) is 62.2 Å². The maximum Gasteiger partial charge on any atom is 0.303 e. The van der Waals surface area contributed by atoms with Crippen LogP contribution in [0.4, 0.5) is 0 Å². The van der Waals surface area contributed by atoms with E-state index in [2.05, 4.69) is 34.4 Å². The second-order valence-electron chi connectivity index (χ2n) is 12.1. The third-order valence-corrected chi connectivity index (χ3v) is 9.62. The van der Waals surface area contributed by atoms with Gasteiger partial charge in [-0.15, -0.1) is 0 Å². The molecule has 43 heavy (non-hydrogen) atoms. The van der Waals surface area contributed by atoms with E-state index in [9.17, 15) is 29.7 Å². The van der Waals surface area contributed by atoms with Gasteiger partial charge in [0, 0.05) is 78.0 Å². The monoisotopic (exact) mass is 594 g/mol. The average molecular weight is 595 g/mol. The molecule has 0 radical (unpaired) electrons. The van der Waals surface area contributed by atoms with Gasteiger partial charge in [-0.2, -0.15) is 0 Å². The summed E-state index contributed by atoms with van der Waals surface area (Å²) in [6.45, 7) is 12.1. The van der Waals surface area contributed by atoms with Gasteiger partial charge in [0.25, 0.3) is 0 Å². The summed E-state index contributed by atoms with van der Waals surface area (Å²) in [7, 11) is 0. The number of nitrogens with one attached hydrogen (secondary N) is 4. The first-order valence-corrected chi connectivity index (χ1v) is 15.4. The van der Waals surface area contributed by atoms with Crippen LogP contribution in [-0.2, 0) is 40.1 Å². The lowest BCUT2D eigenvalue weighted by Crippen LogP contribution is -2.30. The molecular weight excluding hydrogens is 548 g/mol. The van der Waals surface area contributed by atoms with Crippen molar-refractivity contribution in [1.82, 2.24) is 20.6 Å². The number of aliphatic hydroxyl groups is 1. The lowest BCUT2D eigenvalue weighted by atomic mass is 9.91. The van der Waals surface area contributed by atoms with Gasteiger partial charge in [-0.05, 0) is 73.4 Å². The molecule has 0 bridgehead atoms. The van der Waals surface area contributed by atoms with Crippen molar-refractivity contribution in [3.63, 3.8) is 0 Å². The molecule has 0 aliphatic carbocycles. The quantitative estimate of drug-likeness (QED) is 0.170. The summed E-state index contributed by atoms with van der Waals surface area (Å²) in [6, 6.07) is 0.0140. The summed E-state index contributed by atoms with van der Waals surface area (Å²) < 4.78 is 0. The standard InChI is InChI=1S/C33H46N4O6/c1-7-20-19(6)32(42)37-27(20)14-25-18(5)23(10-12-31(40)41)29(35-25)15-28-22(9-11-30(38)39)17(4)24(34-28)13-26-16(3)21(8-2)33(43)36-26/h14,16,19-20,26,34-36,43H,7-13,15H2,1-6H3,(H,37,42)(H,38,39)(H,40,41)/b27-14-/t16?,19-,20-,26-/m1/s1. The minimum Gasteiger partial charge on any atom is -0.495 e. The Balaban J connectivity index is 1.72. The van der Waals surface area contributed by atoms with Crippen LogP contribution in [0.1, 0.15) is 98.4 Å². The molecule has 2 aliphatic heterocycles. The lowest BCUT2D eigenvalue weighted by Gasteiger charge is -2.18. The first kappa shape index (κ1) is 32.0. The second-order valence-corrected chi connectivity index (χ2v) is 12.1. The van der Waals surface area contributed by atoms with Crippen LogP contribution in [0.5, 0.6) is 0 Å². The van der Waals surface area contributed by atoms with Crippen LogP contribution in [0.3, 0.4) is 0 Å². The number of rotatable bonds is 13. The van der Waals surface area contributed by atoms with Gasteiger partial charge in [0.15, 0.2) is 5.88 Å². The number of H-pyrrole nitrogens is 2. The van der Waals surface area contributed by atoms with Crippen molar-refractivity contribution in [2.24, 2.45) is 17.8 Å². The van der Waals surface area contributed by atoms with Crippen molar-refractivity contribution in [2.75, 3.05) is 0 Å². The summed E-state index contributed by atoms with van der Waals surface area (Å²) >= 11 is 0. The molecule has 1 fully saturated rings. The zero-order valence-electron chi connectivity index (χ0n) is 26.1. The summed E-state index contributed by atoms with van der Waals surface area (Å²) in [6.07, 6.45) is 5.35. The molecule has 4 rings (SSSR count). The maximum atomic E-state index is 12.4. The topological polar surface area (TPSA) is 168 Å². The predicted octanol–water partition coefficient (Wildman–Crippen LogP) is 5.05. The third kappa shape index (κ3) is 6.68. The van der Waals surface area contributed by atoms with E-state index in [1.54, 1.807) is 0 Å². The smallest absolute Gasteiger partial charge is 0.303 e. The molecule has 1 amide bonds. The molecule has 4 atom stereocenters. The number of allylic oxidation sites excluding steroid dienone is 1. The highest BCUT2D eigenvalue weighted by molar-refractivity contribution is 5.86. The Morgan fingerprint density at radius 2 is 1.49 bits per heavy atom. The van der Waals surface area contributed by atoms with E-state index in [0.717, 1.165) is 69.1 Å². The van der Waals surface area contributed by atoms with Gasteiger partial charge in [0.05, 0.1) is 0 Å². The van der Waals surface area contributed by atoms with Crippen molar-refractivity contribution in [3.8, 4) is 0 Å². The van der Waals surface area contributed by atoms with E-state index in [1.165, 1.54) is 0 Å². The number of amides is 1. The van der Waals surface area contributed by atoms with Crippen molar-refractivity contribution < 1.29 is 29.7 Å². The fourth-order valence-electron chi connectivity index (χ4n) is 6.91. The van der Waals surface area contributed by atoms with Gasteiger partial charge in [-0.1, -0.05) is 27.7 Å². The maximum absolute atomic E-state index is 12.4. The molecule has 7 N–H and O–H groups in total. The molecule has 2 aromatic rings. The fourth-order valence-corrected chi connectivity index (χ4v) is 6.91. The number of carboxylic acids is 2. The van der Waals surface area contributed by atoms with Crippen molar-refractivity contribution in [1.29, 1.82) is 0 Å². The Hall–Kier alpha value is -3.95. The predicted molar refractivity (Wildman–Crippen MR) is 165 cm³/mol. The fraction of sp³-hybridized carbons (Fsp3) is 0.545. The molecule has 2 aromatic heterocycles. The zero-order chi connectivity index (χ0) is 31.6. The number of carbonyl (C=O) groups excluding carboxylic acids is 1. The molecule has 10 nitrogen and oxygen atoms in total. The molecule has 2 aliphatic rings. The Morgan fingerprint density at radius 3 is 2.05 bits per heavy atom. The summed E-state index contributed by atoms with van der Waals surface area (Å²) in [5.41, 5.74) is 9.32. The van der Waals surface area contributed by atoms with E-state index in [4.69, 9.17) is 0 Å². The largest absolute Gasteiger partial charge is 0.495 e. The highest BCUT2D eigenvalue weighted by Crippen LogP contribution is 2.34. The normalized spacial score (nSPS) is 22.8. The van der Waals surface area contributed by atoms with Crippen LogP contribution < -0.4 is 10.6 Å². The third-order valence-electron chi connectivity index (χ3n) is 9.62. The van der Waals surface area contributed by atoms with Gasteiger partial charge in [0.2, 0.25) is 5.91 Å². The van der Waals surface area contributed by atoms with E-state index >= 15 is 0 Å². The highest BCUT2D eigenvalue weighted by Gasteiger charge is 2.34. The van der Waals surface area contributed by atoms with Crippen LogP contribution in [0.2, 0.25) is 0 Å². The molecule has 10 heteroatoms. The molecule has 4 heterocycles. The van der Waals surface area contributed by atoms with Gasteiger partial charge < -0.3 is 35.9 Å². The highest BCUT2D eigenvalue weighted by atomic mass is 16.4. The van der Waals surface area contributed by atoms with Gasteiger partial charge >= 0.3 is 11.9 Å². The Morgan fingerprint density at radius 1 is 0.884 bits per heavy atom. The summed E-state index contributed by atoms with van der Waals surface area (Å²) in [4.78, 5) is 42.6. The number of carboxylic acid groups (broad SMARTS) is 2. The first-order valence-electron chi connectivity index (χ1n) is 15.4. The van der Waals surface area contributed by atoms with Gasteiger partial charge in [-0.25, -0.2) is 0 Å². The average Bonchev–Trinajstić information content (AvgIpc) is 3.59. The van der Waals surface area contributed by atoms with Crippen molar-refractivity contribution in [2.45, 2.75) is 99.0 Å². The summed E-state index contributed by atoms with van der Waals surface area (Å²) in [5, 5.41) is 35.6. The van der Waals surface area contributed by atoms with E-state index < -0.39 is 11.9 Å². The Kier molecular flexibility index (Phi) is 9.77. The number of aromatic nitrogens is 2. The molecule has 1 saturated heterocycles. The van der Waals surface area contributed by atoms with E-state index in [1.807, 2.05) is 33.8 Å². The SMILES string of the molecule is CCC1=C(O)N[C@H](Cc2[nH]c(Cc3[nH]c(/C=C4\NC(=O)[C@H](C)[C@H]4CC)c(C)c3CCC(=O)O)c(CCC(=O)O)c2C)C1C. The second kappa shape index (κ2) is 13.1. The van der Waals surface area contributed by atoms with Crippen molar-refractivity contribution >= 4 is 23.9 Å². The lowest BCUT2D eigenvalue weighted by molar-refractivity contribution is -0.138. The van der Waals surface area contributed by atoms with Gasteiger partial charge in [-0.3, -0.25) is 14.4 Å².